The number of benzene rings is 1. The monoisotopic (exact) mass is 376 g/mol. The molecule has 4 atom stereocenters. The summed E-state index contributed by atoms with van der Waals surface area (Å²) in [6, 6.07) is 6.27. The van der Waals surface area contributed by atoms with Gasteiger partial charge in [-0.3, -0.25) is 15.0 Å². The van der Waals surface area contributed by atoms with Crippen molar-refractivity contribution in [1.29, 1.82) is 0 Å². The zero-order chi connectivity index (χ0) is 19.6. The summed E-state index contributed by atoms with van der Waals surface area (Å²) >= 11 is 0. The number of nitrogens with one attached hydrogen (secondary N) is 3. The molecule has 2 saturated heterocycles. The van der Waals surface area contributed by atoms with E-state index in [4.69, 9.17) is 0 Å². The molecule has 0 spiro atoms. The Morgan fingerprint density at radius 1 is 1.30 bits per heavy atom. The smallest absolute Gasteiger partial charge is 0.245 e. The van der Waals surface area contributed by atoms with Crippen LogP contribution in [0.15, 0.2) is 24.3 Å². The van der Waals surface area contributed by atoms with Gasteiger partial charge in [0.1, 0.15) is 11.9 Å². The molecule has 3 N–H and O–H groups in total. The molecule has 0 aliphatic carbocycles. The fourth-order valence-electron chi connectivity index (χ4n) is 4.20. The molecular weight excluding hydrogens is 347 g/mol. The lowest BCUT2D eigenvalue weighted by atomic mass is 9.84. The summed E-state index contributed by atoms with van der Waals surface area (Å²) in [5, 5.41) is 2.80. The van der Waals surface area contributed by atoms with Gasteiger partial charge in [0, 0.05) is 37.5 Å². The summed E-state index contributed by atoms with van der Waals surface area (Å²) in [4.78, 5) is 26.4. The van der Waals surface area contributed by atoms with Gasteiger partial charge in [0.05, 0.1) is 6.04 Å². The van der Waals surface area contributed by atoms with E-state index in [0.717, 1.165) is 6.42 Å². The number of halogens is 1. The third-order valence-corrected chi connectivity index (χ3v) is 5.45. The van der Waals surface area contributed by atoms with E-state index in [-0.39, 0.29) is 35.6 Å². The Morgan fingerprint density at radius 2 is 2.04 bits per heavy atom. The molecule has 2 fully saturated rings. The number of hydrogen-bond acceptors (Lipinski definition) is 4. The summed E-state index contributed by atoms with van der Waals surface area (Å²) in [7, 11) is 0. The van der Waals surface area contributed by atoms with E-state index in [1.54, 1.807) is 12.1 Å². The van der Waals surface area contributed by atoms with Crippen molar-refractivity contribution in [1.82, 2.24) is 21.1 Å². The molecule has 0 bridgehead atoms. The third kappa shape index (κ3) is 4.47. The highest BCUT2D eigenvalue weighted by Crippen LogP contribution is 2.35. The normalized spacial score (nSPS) is 26.0. The van der Waals surface area contributed by atoms with Gasteiger partial charge in [-0.2, -0.15) is 0 Å². The number of amides is 2. The van der Waals surface area contributed by atoms with Crippen molar-refractivity contribution in [2.45, 2.75) is 51.7 Å². The summed E-state index contributed by atoms with van der Waals surface area (Å²) in [6.07, 6.45) is 1.40. The highest BCUT2D eigenvalue weighted by molar-refractivity contribution is 5.87. The Labute approximate surface area is 159 Å². The van der Waals surface area contributed by atoms with E-state index in [0.29, 0.717) is 31.0 Å². The molecule has 6 nitrogen and oxygen atoms in total. The number of rotatable bonds is 5. The van der Waals surface area contributed by atoms with Gasteiger partial charge in [-0.05, 0) is 24.8 Å². The van der Waals surface area contributed by atoms with Crippen molar-refractivity contribution in [3.63, 3.8) is 0 Å². The number of carbonyl (C=O) groups is 2. The molecule has 2 heterocycles. The number of fused-ring (bicyclic) bond motifs is 1. The molecule has 0 saturated carbocycles. The molecule has 0 aromatic heterocycles. The summed E-state index contributed by atoms with van der Waals surface area (Å²) in [6.45, 7) is 6.68. The molecule has 3 rings (SSSR count). The number of nitrogens with zero attached hydrogens (tertiary/aromatic N) is 1. The summed E-state index contributed by atoms with van der Waals surface area (Å²) in [5.41, 5.74) is 7.09. The molecule has 1 aromatic carbocycles. The maximum absolute atomic E-state index is 14.3. The van der Waals surface area contributed by atoms with Crippen LogP contribution in [-0.4, -0.2) is 41.9 Å². The molecular formula is C20H29FN4O2. The molecule has 0 radical (unpaired) electrons. The lowest BCUT2D eigenvalue weighted by Crippen LogP contribution is -2.54. The number of hydrazine groups is 1. The van der Waals surface area contributed by atoms with Crippen LogP contribution in [0.4, 0.5) is 4.39 Å². The van der Waals surface area contributed by atoms with Crippen LogP contribution in [0.5, 0.6) is 0 Å². The number of carbonyl (C=O) groups excluding carboxylic acids is 2. The zero-order valence-electron chi connectivity index (χ0n) is 16.2. The van der Waals surface area contributed by atoms with Gasteiger partial charge in [-0.1, -0.05) is 32.0 Å². The lowest BCUT2D eigenvalue weighted by molar-refractivity contribution is -0.138. The topological polar surface area (TPSA) is 73.5 Å². The SMILES string of the molecule is CC(=O)N[C@@H](CC(C)C)C(=O)N1CCC2NNC(c3ccccc3F)C2C1. The maximum Gasteiger partial charge on any atom is 0.245 e. The minimum atomic E-state index is -0.506. The highest BCUT2D eigenvalue weighted by Gasteiger charge is 2.43. The standard InChI is InChI=1S/C20H29FN4O2/c1-12(2)10-18(22-13(3)26)20(27)25-9-8-17-15(11-25)19(24-23-17)14-6-4-5-7-16(14)21/h4-7,12,15,17-19,23-24H,8-11H2,1-3H3,(H,22,26)/t15?,17?,18-,19?/m0/s1. The van der Waals surface area contributed by atoms with Crippen LogP contribution >= 0.6 is 0 Å². The summed E-state index contributed by atoms with van der Waals surface area (Å²) in [5.74, 6) is -0.105. The molecule has 2 aliphatic rings. The Kier molecular flexibility index (Phi) is 6.11. The van der Waals surface area contributed by atoms with Gasteiger partial charge in [0.25, 0.3) is 0 Å². The highest BCUT2D eigenvalue weighted by atomic mass is 19.1. The Bertz CT molecular complexity index is 696. The fraction of sp³-hybridized carbons (Fsp3) is 0.600. The average Bonchev–Trinajstić information content (AvgIpc) is 3.03. The fourth-order valence-corrected chi connectivity index (χ4v) is 4.20. The van der Waals surface area contributed by atoms with E-state index in [1.807, 2.05) is 24.8 Å². The van der Waals surface area contributed by atoms with Gasteiger partial charge in [-0.25, -0.2) is 9.82 Å². The molecule has 2 aliphatic heterocycles. The zero-order valence-corrected chi connectivity index (χ0v) is 16.2. The number of likely N-dealkylation sites (tertiary alicyclic amines) is 1. The van der Waals surface area contributed by atoms with Gasteiger partial charge >= 0.3 is 0 Å². The number of hydrogen-bond donors (Lipinski definition) is 3. The van der Waals surface area contributed by atoms with E-state index < -0.39 is 6.04 Å². The average molecular weight is 376 g/mol. The molecule has 1 aromatic rings. The van der Waals surface area contributed by atoms with Crippen molar-refractivity contribution in [3.05, 3.63) is 35.6 Å². The third-order valence-electron chi connectivity index (χ3n) is 5.45. The Balaban J connectivity index is 1.74. The van der Waals surface area contributed by atoms with Gasteiger partial charge in [0.15, 0.2) is 0 Å². The lowest BCUT2D eigenvalue weighted by Gasteiger charge is -2.38. The second kappa shape index (κ2) is 8.35. The quantitative estimate of drug-likeness (QED) is 0.732. The Hall–Kier alpha value is -1.99. The van der Waals surface area contributed by atoms with E-state index in [1.165, 1.54) is 13.0 Å². The van der Waals surface area contributed by atoms with Crippen LogP contribution in [0.1, 0.15) is 45.2 Å². The van der Waals surface area contributed by atoms with Crippen LogP contribution < -0.4 is 16.2 Å². The van der Waals surface area contributed by atoms with E-state index in [2.05, 4.69) is 16.2 Å². The van der Waals surface area contributed by atoms with Crippen molar-refractivity contribution in [2.75, 3.05) is 13.1 Å². The number of piperidine rings is 1. The van der Waals surface area contributed by atoms with Crippen LogP contribution in [0, 0.1) is 17.7 Å². The first-order chi connectivity index (χ1) is 12.9. The van der Waals surface area contributed by atoms with Crippen molar-refractivity contribution >= 4 is 11.8 Å². The molecule has 2 amide bonds. The summed E-state index contributed by atoms with van der Waals surface area (Å²) < 4.78 is 14.3. The van der Waals surface area contributed by atoms with Crippen molar-refractivity contribution in [2.24, 2.45) is 11.8 Å². The predicted octanol–water partition coefficient (Wildman–Crippen LogP) is 1.74. The van der Waals surface area contributed by atoms with Gasteiger partial charge in [-0.15, -0.1) is 0 Å². The minimum absolute atomic E-state index is 0.0449. The maximum atomic E-state index is 14.3. The van der Waals surface area contributed by atoms with Crippen LogP contribution in [0.3, 0.4) is 0 Å². The van der Waals surface area contributed by atoms with Gasteiger partial charge in [0.2, 0.25) is 11.8 Å². The van der Waals surface area contributed by atoms with E-state index in [9.17, 15) is 14.0 Å². The predicted molar refractivity (Wildman–Crippen MR) is 101 cm³/mol. The van der Waals surface area contributed by atoms with Crippen LogP contribution in [0.2, 0.25) is 0 Å². The molecule has 3 unspecified atom stereocenters. The largest absolute Gasteiger partial charge is 0.345 e. The van der Waals surface area contributed by atoms with Crippen molar-refractivity contribution in [3.8, 4) is 0 Å². The second-order valence-corrected chi connectivity index (χ2v) is 8.01. The molecule has 148 valence electrons. The first-order valence-electron chi connectivity index (χ1n) is 9.68. The minimum Gasteiger partial charge on any atom is -0.345 e. The van der Waals surface area contributed by atoms with E-state index >= 15 is 0 Å². The van der Waals surface area contributed by atoms with Crippen LogP contribution in [0.25, 0.3) is 0 Å². The second-order valence-electron chi connectivity index (χ2n) is 8.01. The van der Waals surface area contributed by atoms with Gasteiger partial charge < -0.3 is 10.2 Å². The van der Waals surface area contributed by atoms with Crippen molar-refractivity contribution < 1.29 is 14.0 Å². The first-order valence-corrected chi connectivity index (χ1v) is 9.68. The molecule has 27 heavy (non-hydrogen) atoms. The van der Waals surface area contributed by atoms with Crippen LogP contribution in [-0.2, 0) is 9.59 Å². The molecule has 7 heteroatoms. The Morgan fingerprint density at radius 3 is 2.70 bits per heavy atom. The first kappa shape index (κ1) is 19.8.